The molecule has 2 aliphatic rings. The summed E-state index contributed by atoms with van der Waals surface area (Å²) < 4.78 is 6.67. The number of nitrogens with zero attached hydrogens (tertiary/aromatic N) is 2. The first-order chi connectivity index (χ1) is 27.5. The molecular weight excluding hydrogens is 681 g/mol. The molecule has 0 aromatic heterocycles. The van der Waals surface area contributed by atoms with Crippen LogP contribution in [0.5, 0.6) is 11.5 Å². The second-order valence-electron chi connectivity index (χ2n) is 15.4. The molecule has 0 fully saturated rings. The summed E-state index contributed by atoms with van der Waals surface area (Å²) in [5, 5.41) is 4.81. The van der Waals surface area contributed by atoms with Crippen LogP contribution in [-0.2, 0) is 5.41 Å². The maximum Gasteiger partial charge on any atom is 0.152 e. The molecule has 3 nitrogen and oxygen atoms in total. The van der Waals surface area contributed by atoms with Crippen LogP contribution in [0.1, 0.15) is 25.0 Å². The van der Waals surface area contributed by atoms with Crippen LogP contribution in [0.25, 0.3) is 43.8 Å². The smallest absolute Gasteiger partial charge is 0.152 e. The molecule has 0 N–H and O–H groups in total. The Bertz CT molecular complexity index is 2970. The Morgan fingerprint density at radius 2 is 1.00 bits per heavy atom. The first-order valence-corrected chi connectivity index (χ1v) is 19.3. The van der Waals surface area contributed by atoms with E-state index in [1.165, 1.54) is 55.0 Å². The Balaban J connectivity index is 1.03. The van der Waals surface area contributed by atoms with Gasteiger partial charge in [0.2, 0.25) is 0 Å². The molecule has 0 unspecified atom stereocenters. The van der Waals surface area contributed by atoms with Crippen LogP contribution in [0.4, 0.5) is 34.1 Å². The Labute approximate surface area is 327 Å². The van der Waals surface area contributed by atoms with Crippen LogP contribution in [0.15, 0.2) is 194 Å². The summed E-state index contributed by atoms with van der Waals surface area (Å²) >= 11 is 0. The van der Waals surface area contributed by atoms with E-state index in [0.717, 1.165) is 45.5 Å². The summed E-state index contributed by atoms with van der Waals surface area (Å²) in [6, 6.07) is 70.2. The largest absolute Gasteiger partial charge is 0.453 e. The summed E-state index contributed by atoms with van der Waals surface area (Å²) in [7, 11) is 0. The highest BCUT2D eigenvalue weighted by molar-refractivity contribution is 6.06. The summed E-state index contributed by atoms with van der Waals surface area (Å²) in [5.41, 5.74) is 13.8. The van der Waals surface area contributed by atoms with Crippen LogP contribution in [0.3, 0.4) is 0 Å². The number of fused-ring (bicyclic) bond motifs is 7. The molecular formula is C53H38N2O. The van der Waals surface area contributed by atoms with Crippen molar-refractivity contribution < 1.29 is 4.74 Å². The molecule has 0 spiro atoms. The van der Waals surface area contributed by atoms with E-state index in [-0.39, 0.29) is 5.41 Å². The fourth-order valence-electron chi connectivity index (χ4n) is 8.93. The molecule has 9 aromatic rings. The van der Waals surface area contributed by atoms with Crippen molar-refractivity contribution in [3.63, 3.8) is 0 Å². The van der Waals surface area contributed by atoms with Crippen molar-refractivity contribution in [3.05, 3.63) is 205 Å². The highest BCUT2D eigenvalue weighted by atomic mass is 16.5. The summed E-state index contributed by atoms with van der Waals surface area (Å²) in [4.78, 5) is 4.82. The Morgan fingerprint density at radius 1 is 0.411 bits per heavy atom. The molecule has 9 aromatic carbocycles. The molecule has 0 saturated carbocycles. The van der Waals surface area contributed by atoms with Gasteiger partial charge in [0, 0.05) is 27.9 Å². The molecule has 266 valence electrons. The SMILES string of the molecule is CC1(C)c2ccc(-c3ccc(N(c4ccc(-c5ccccc5)cc4)c4ccc5ccccc5c4)cc3)cc2N2c3c(cccc31)Oc1ccc3ccccc3c12. The Hall–Kier alpha value is -7.10. The maximum absolute atomic E-state index is 6.67. The zero-order valence-electron chi connectivity index (χ0n) is 31.3. The number of hydrogen-bond acceptors (Lipinski definition) is 3. The van der Waals surface area contributed by atoms with Crippen molar-refractivity contribution in [2.45, 2.75) is 19.3 Å². The Morgan fingerprint density at radius 3 is 1.77 bits per heavy atom. The van der Waals surface area contributed by atoms with Gasteiger partial charge in [-0.1, -0.05) is 153 Å². The van der Waals surface area contributed by atoms with E-state index in [1.807, 2.05) is 0 Å². The molecule has 0 atom stereocenters. The molecule has 3 heteroatoms. The third-order valence-electron chi connectivity index (χ3n) is 11.8. The van der Waals surface area contributed by atoms with Gasteiger partial charge in [-0.2, -0.15) is 0 Å². The van der Waals surface area contributed by atoms with Crippen molar-refractivity contribution in [2.75, 3.05) is 9.80 Å². The van der Waals surface area contributed by atoms with E-state index in [4.69, 9.17) is 4.74 Å². The maximum atomic E-state index is 6.67. The number of rotatable bonds is 5. The normalized spacial score (nSPS) is 13.4. The number of para-hydroxylation sites is 1. The lowest BCUT2D eigenvalue weighted by atomic mass is 9.72. The van der Waals surface area contributed by atoms with Gasteiger partial charge in [-0.3, -0.25) is 0 Å². The first kappa shape index (κ1) is 32.3. The summed E-state index contributed by atoms with van der Waals surface area (Å²) in [6.45, 7) is 4.67. The molecule has 0 radical (unpaired) electrons. The van der Waals surface area contributed by atoms with Crippen LogP contribution in [0.2, 0.25) is 0 Å². The van der Waals surface area contributed by atoms with Crippen molar-refractivity contribution in [1.29, 1.82) is 0 Å². The zero-order valence-corrected chi connectivity index (χ0v) is 31.3. The molecule has 56 heavy (non-hydrogen) atoms. The number of benzene rings is 9. The van der Waals surface area contributed by atoms with Crippen LogP contribution in [0, 0.1) is 0 Å². The third kappa shape index (κ3) is 5.05. The van der Waals surface area contributed by atoms with E-state index < -0.39 is 0 Å². The average molecular weight is 719 g/mol. The highest BCUT2D eigenvalue weighted by Crippen LogP contribution is 2.61. The lowest BCUT2D eigenvalue weighted by molar-refractivity contribution is 0.472. The summed E-state index contributed by atoms with van der Waals surface area (Å²) in [6.07, 6.45) is 0. The van der Waals surface area contributed by atoms with Gasteiger partial charge in [0.15, 0.2) is 11.5 Å². The third-order valence-corrected chi connectivity index (χ3v) is 11.8. The minimum absolute atomic E-state index is 0.221. The van der Waals surface area contributed by atoms with Crippen LogP contribution in [-0.4, -0.2) is 0 Å². The van der Waals surface area contributed by atoms with E-state index in [9.17, 15) is 0 Å². The zero-order chi connectivity index (χ0) is 37.4. The minimum Gasteiger partial charge on any atom is -0.453 e. The highest BCUT2D eigenvalue weighted by Gasteiger charge is 2.42. The van der Waals surface area contributed by atoms with Crippen molar-refractivity contribution in [3.8, 4) is 33.8 Å². The van der Waals surface area contributed by atoms with Crippen molar-refractivity contribution in [1.82, 2.24) is 0 Å². The fraction of sp³-hybridized carbons (Fsp3) is 0.0566. The van der Waals surface area contributed by atoms with Crippen LogP contribution >= 0.6 is 0 Å². The van der Waals surface area contributed by atoms with Crippen molar-refractivity contribution >= 4 is 55.7 Å². The minimum atomic E-state index is -0.221. The number of ether oxygens (including phenoxy) is 1. The van der Waals surface area contributed by atoms with Gasteiger partial charge < -0.3 is 14.5 Å². The molecule has 11 rings (SSSR count). The molecule has 2 aliphatic heterocycles. The van der Waals surface area contributed by atoms with E-state index in [1.54, 1.807) is 0 Å². The predicted octanol–water partition coefficient (Wildman–Crippen LogP) is 15.0. The van der Waals surface area contributed by atoms with Crippen molar-refractivity contribution in [2.24, 2.45) is 0 Å². The van der Waals surface area contributed by atoms with E-state index in [0.29, 0.717) is 0 Å². The molecule has 0 saturated heterocycles. The lowest BCUT2D eigenvalue weighted by Crippen LogP contribution is -2.32. The molecule has 0 aliphatic carbocycles. The average Bonchev–Trinajstić information content (AvgIpc) is 3.25. The van der Waals surface area contributed by atoms with Gasteiger partial charge >= 0.3 is 0 Å². The Kier molecular flexibility index (Phi) is 7.20. The first-order valence-electron chi connectivity index (χ1n) is 19.3. The molecule has 2 heterocycles. The summed E-state index contributed by atoms with van der Waals surface area (Å²) in [5.74, 6) is 1.77. The van der Waals surface area contributed by atoms with Gasteiger partial charge in [0.1, 0.15) is 0 Å². The molecule has 0 amide bonds. The van der Waals surface area contributed by atoms with Crippen LogP contribution < -0.4 is 14.5 Å². The second kappa shape index (κ2) is 12.5. The predicted molar refractivity (Wildman–Crippen MR) is 234 cm³/mol. The van der Waals surface area contributed by atoms with Gasteiger partial charge in [0.25, 0.3) is 0 Å². The number of anilines is 6. The topological polar surface area (TPSA) is 15.7 Å². The monoisotopic (exact) mass is 718 g/mol. The lowest BCUT2D eigenvalue weighted by Gasteiger charge is -2.45. The number of hydrogen-bond donors (Lipinski definition) is 0. The van der Waals surface area contributed by atoms with Gasteiger partial charge in [-0.15, -0.1) is 0 Å². The van der Waals surface area contributed by atoms with E-state index >= 15 is 0 Å². The van der Waals surface area contributed by atoms with Gasteiger partial charge in [0.05, 0.1) is 17.1 Å². The second-order valence-corrected chi connectivity index (χ2v) is 15.4. The van der Waals surface area contributed by atoms with Gasteiger partial charge in [-0.25, -0.2) is 0 Å². The quantitative estimate of drug-likeness (QED) is 0.176. The molecule has 0 bridgehead atoms. The standard InChI is InChI=1S/C53H38N2O/c1-53(2)46-31-24-41(34-48(46)55-51-45-16-9-8-14-39(45)25-32-50(51)56-49-18-10-17-47(53)52(49)55)38-21-28-43(29-22-38)54(44-30-23-36-13-6-7-15-40(36)33-44)42-26-19-37(20-27-42)35-11-4-3-5-12-35/h3-34H,1-2H3. The van der Waals surface area contributed by atoms with Gasteiger partial charge in [-0.05, 0) is 104 Å². The fourth-order valence-corrected chi connectivity index (χ4v) is 8.93. The van der Waals surface area contributed by atoms with E-state index in [2.05, 4.69) is 218 Å².